The molecule has 5 nitrogen and oxygen atoms in total. The summed E-state index contributed by atoms with van der Waals surface area (Å²) in [6.07, 6.45) is 5.13. The van der Waals surface area contributed by atoms with E-state index in [0.717, 1.165) is 19.3 Å². The van der Waals surface area contributed by atoms with Gasteiger partial charge in [-0.1, -0.05) is 18.9 Å². The molecule has 2 atom stereocenters. The SMILES string of the molecule is O=C(NCC1CCCCC1C(=O)O)c1ccccn1. The van der Waals surface area contributed by atoms with Crippen molar-refractivity contribution in [2.45, 2.75) is 25.7 Å². The molecule has 0 radical (unpaired) electrons. The average Bonchev–Trinajstić information content (AvgIpc) is 2.46. The molecule has 2 N–H and O–H groups in total. The highest BCUT2D eigenvalue weighted by Crippen LogP contribution is 2.29. The van der Waals surface area contributed by atoms with Gasteiger partial charge in [-0.15, -0.1) is 0 Å². The van der Waals surface area contributed by atoms with Crippen LogP contribution in [0.4, 0.5) is 0 Å². The summed E-state index contributed by atoms with van der Waals surface area (Å²) in [6.45, 7) is 0.409. The van der Waals surface area contributed by atoms with E-state index in [9.17, 15) is 9.59 Å². The van der Waals surface area contributed by atoms with Crippen molar-refractivity contribution in [3.8, 4) is 0 Å². The van der Waals surface area contributed by atoms with Gasteiger partial charge in [0.2, 0.25) is 0 Å². The predicted molar refractivity (Wildman–Crippen MR) is 69.7 cm³/mol. The molecule has 0 aliphatic heterocycles. The van der Waals surface area contributed by atoms with E-state index in [1.807, 2.05) is 0 Å². The predicted octanol–water partition coefficient (Wildman–Crippen LogP) is 1.70. The molecule has 0 saturated heterocycles. The number of pyridine rings is 1. The smallest absolute Gasteiger partial charge is 0.306 e. The van der Waals surface area contributed by atoms with E-state index >= 15 is 0 Å². The van der Waals surface area contributed by atoms with Crippen LogP contribution >= 0.6 is 0 Å². The van der Waals surface area contributed by atoms with Crippen molar-refractivity contribution in [3.05, 3.63) is 30.1 Å². The summed E-state index contributed by atoms with van der Waals surface area (Å²) in [4.78, 5) is 27.0. The summed E-state index contributed by atoms with van der Waals surface area (Å²) in [5, 5.41) is 12.0. The number of carbonyl (C=O) groups is 2. The normalized spacial score (nSPS) is 22.7. The van der Waals surface area contributed by atoms with E-state index in [2.05, 4.69) is 10.3 Å². The Labute approximate surface area is 112 Å². The quantitative estimate of drug-likeness (QED) is 0.865. The maximum atomic E-state index is 11.8. The Morgan fingerprint density at radius 3 is 2.79 bits per heavy atom. The zero-order valence-corrected chi connectivity index (χ0v) is 10.7. The summed E-state index contributed by atoms with van der Waals surface area (Å²) in [5.74, 6) is -1.30. The first-order chi connectivity index (χ1) is 9.18. The highest BCUT2D eigenvalue weighted by atomic mass is 16.4. The first-order valence-corrected chi connectivity index (χ1v) is 6.60. The minimum absolute atomic E-state index is 0.0268. The molecule has 1 aliphatic carbocycles. The Morgan fingerprint density at radius 2 is 2.11 bits per heavy atom. The third-order valence-electron chi connectivity index (χ3n) is 3.65. The summed E-state index contributed by atoms with van der Waals surface area (Å²) >= 11 is 0. The van der Waals surface area contributed by atoms with Crippen molar-refractivity contribution in [3.63, 3.8) is 0 Å². The van der Waals surface area contributed by atoms with Gasteiger partial charge in [0.15, 0.2) is 0 Å². The molecular weight excluding hydrogens is 244 g/mol. The molecule has 1 aromatic rings. The molecule has 0 spiro atoms. The standard InChI is InChI=1S/C14H18N2O3/c17-13(12-7-3-4-8-15-12)16-9-10-5-1-2-6-11(10)14(18)19/h3-4,7-8,10-11H,1-2,5-6,9H2,(H,16,17)(H,18,19). The van der Waals surface area contributed by atoms with E-state index in [4.69, 9.17) is 5.11 Å². The lowest BCUT2D eigenvalue weighted by Gasteiger charge is -2.28. The van der Waals surface area contributed by atoms with Gasteiger partial charge in [0, 0.05) is 12.7 Å². The molecule has 1 heterocycles. The van der Waals surface area contributed by atoms with Crippen LogP contribution in [0, 0.1) is 11.8 Å². The average molecular weight is 262 g/mol. The Hall–Kier alpha value is -1.91. The van der Waals surface area contributed by atoms with E-state index < -0.39 is 5.97 Å². The number of nitrogens with one attached hydrogen (secondary N) is 1. The van der Waals surface area contributed by atoms with Crippen molar-refractivity contribution in [2.24, 2.45) is 11.8 Å². The molecule has 2 unspecified atom stereocenters. The summed E-state index contributed by atoms with van der Waals surface area (Å²) < 4.78 is 0. The van der Waals surface area contributed by atoms with Crippen LogP contribution in [0.2, 0.25) is 0 Å². The van der Waals surface area contributed by atoms with Crippen LogP contribution < -0.4 is 5.32 Å². The maximum absolute atomic E-state index is 11.8. The molecule has 0 bridgehead atoms. The van der Waals surface area contributed by atoms with E-state index in [-0.39, 0.29) is 17.7 Å². The molecule has 1 amide bonds. The van der Waals surface area contributed by atoms with Gasteiger partial charge in [0.25, 0.3) is 5.91 Å². The third kappa shape index (κ3) is 3.53. The van der Waals surface area contributed by atoms with Gasteiger partial charge in [0.05, 0.1) is 5.92 Å². The largest absolute Gasteiger partial charge is 0.481 e. The Bertz CT molecular complexity index is 447. The van der Waals surface area contributed by atoms with Gasteiger partial charge in [0.1, 0.15) is 5.69 Å². The Balaban J connectivity index is 1.90. The second kappa shape index (κ2) is 6.31. The van der Waals surface area contributed by atoms with Crippen LogP contribution in [-0.4, -0.2) is 28.5 Å². The van der Waals surface area contributed by atoms with Crippen LogP contribution in [0.5, 0.6) is 0 Å². The van der Waals surface area contributed by atoms with Gasteiger partial charge in [-0.2, -0.15) is 0 Å². The molecule has 102 valence electrons. The number of hydrogen-bond donors (Lipinski definition) is 2. The number of hydrogen-bond acceptors (Lipinski definition) is 3. The number of carbonyl (C=O) groups excluding carboxylic acids is 1. The first-order valence-electron chi connectivity index (χ1n) is 6.60. The zero-order valence-electron chi connectivity index (χ0n) is 10.7. The van der Waals surface area contributed by atoms with E-state index in [1.165, 1.54) is 0 Å². The fourth-order valence-corrected chi connectivity index (χ4v) is 2.59. The minimum Gasteiger partial charge on any atom is -0.481 e. The van der Waals surface area contributed by atoms with Gasteiger partial charge >= 0.3 is 5.97 Å². The Kier molecular flexibility index (Phi) is 4.49. The third-order valence-corrected chi connectivity index (χ3v) is 3.65. The number of rotatable bonds is 4. The molecule has 5 heteroatoms. The number of amides is 1. The van der Waals surface area contributed by atoms with Crippen LogP contribution in [0.1, 0.15) is 36.2 Å². The van der Waals surface area contributed by atoms with Crippen molar-refractivity contribution < 1.29 is 14.7 Å². The molecule has 0 aromatic carbocycles. The fourth-order valence-electron chi connectivity index (χ4n) is 2.59. The zero-order chi connectivity index (χ0) is 13.7. The number of carboxylic acids is 1. The van der Waals surface area contributed by atoms with Crippen LogP contribution in [0.15, 0.2) is 24.4 Å². The van der Waals surface area contributed by atoms with Crippen LogP contribution in [0.25, 0.3) is 0 Å². The number of nitrogens with zero attached hydrogens (tertiary/aromatic N) is 1. The lowest BCUT2D eigenvalue weighted by atomic mass is 9.79. The van der Waals surface area contributed by atoms with Crippen LogP contribution in [-0.2, 0) is 4.79 Å². The molecule has 1 saturated carbocycles. The summed E-state index contributed by atoms with van der Waals surface area (Å²) in [5.41, 5.74) is 0.366. The van der Waals surface area contributed by atoms with Gasteiger partial charge in [-0.3, -0.25) is 14.6 Å². The lowest BCUT2D eigenvalue weighted by Crippen LogP contribution is -2.37. The molecule has 19 heavy (non-hydrogen) atoms. The summed E-state index contributed by atoms with van der Waals surface area (Å²) in [7, 11) is 0. The number of aromatic nitrogens is 1. The van der Waals surface area contributed by atoms with E-state index in [1.54, 1.807) is 24.4 Å². The van der Waals surface area contributed by atoms with Crippen molar-refractivity contribution in [1.29, 1.82) is 0 Å². The molecule has 1 aliphatic rings. The second-order valence-corrected chi connectivity index (χ2v) is 4.91. The number of carboxylic acid groups (broad SMARTS) is 1. The van der Waals surface area contributed by atoms with E-state index in [0.29, 0.717) is 18.7 Å². The highest BCUT2D eigenvalue weighted by molar-refractivity contribution is 5.92. The van der Waals surface area contributed by atoms with Gasteiger partial charge in [-0.05, 0) is 30.9 Å². The molecule has 1 aromatic heterocycles. The van der Waals surface area contributed by atoms with Crippen LogP contribution in [0.3, 0.4) is 0 Å². The van der Waals surface area contributed by atoms with Crippen molar-refractivity contribution in [1.82, 2.24) is 10.3 Å². The Morgan fingerprint density at radius 1 is 1.32 bits per heavy atom. The van der Waals surface area contributed by atoms with Gasteiger partial charge < -0.3 is 10.4 Å². The fraction of sp³-hybridized carbons (Fsp3) is 0.500. The highest BCUT2D eigenvalue weighted by Gasteiger charge is 2.30. The second-order valence-electron chi connectivity index (χ2n) is 4.91. The topological polar surface area (TPSA) is 79.3 Å². The van der Waals surface area contributed by atoms with Gasteiger partial charge in [-0.25, -0.2) is 0 Å². The molecule has 2 rings (SSSR count). The van der Waals surface area contributed by atoms with Crippen molar-refractivity contribution in [2.75, 3.05) is 6.54 Å². The van der Waals surface area contributed by atoms with Crippen molar-refractivity contribution >= 4 is 11.9 Å². The minimum atomic E-state index is -0.753. The molecule has 1 fully saturated rings. The maximum Gasteiger partial charge on any atom is 0.306 e. The number of aliphatic carboxylic acids is 1. The molecular formula is C14H18N2O3. The first kappa shape index (κ1) is 13.5. The summed E-state index contributed by atoms with van der Waals surface area (Å²) in [6, 6.07) is 5.14. The lowest BCUT2D eigenvalue weighted by molar-refractivity contribution is -0.144. The monoisotopic (exact) mass is 262 g/mol.